The molecule has 0 radical (unpaired) electrons. The minimum absolute atomic E-state index is 0.0455. The third kappa shape index (κ3) is 19.8. The number of allylic oxidation sites excluding steroid dienone is 2. The van der Waals surface area contributed by atoms with Crippen molar-refractivity contribution in [1.29, 1.82) is 0 Å². The van der Waals surface area contributed by atoms with Gasteiger partial charge in [0.2, 0.25) is 17.7 Å². The standard InChI is InChI=1S/C22H26FNO3.C17H18FNO2.C16H18FNO3.C16H16FNO2.C11H10FNO2.C8H6FN/c1-21(2,3)20(26)24-12-14-8-7-13(11-17(25)27-22(4,5)6)18-15(23)9-10-16(24)19(14)18;1-17(2,3)21-14(20)8-10-4-5-11-9-19-13-7-6-12(18)15(10)16(11)13;1-16(2,3)15(21)18-9-10(4-7-14(19)20)12-8-11(17)5-6-13(12)18;1-16(2,3)15(20)18-8-9-4-7-12(19)14-10(17)5-6-11(18)13(9)14;12-8-2-3-10-9(5-8)7(6-13-10)1-4-11(14)15;9-7-1-2-8-6(5-7)3-4-10-8/h9-12H,7-8H2,1-6H3;6-9,19H,4-5H2,1-3H3;5-6,8-9H,4,7H2,1-3H3,(H,19,20);5-6,8H,4,7H2,1-3H3;2-3,5-6,13H,1,4H2,(H,14,15);1-5,10H/b13-11+;10-8+;;;;. The van der Waals surface area contributed by atoms with Gasteiger partial charge in [-0.15, -0.1) is 0 Å². The van der Waals surface area contributed by atoms with Gasteiger partial charge in [0.25, 0.3) is 0 Å². The molecule has 6 aromatic carbocycles. The second-order valence-electron chi connectivity index (χ2n) is 33.5. The summed E-state index contributed by atoms with van der Waals surface area (Å²) in [7, 11) is 0. The number of nitrogens with one attached hydrogen (secondary N) is 3. The van der Waals surface area contributed by atoms with Crippen LogP contribution in [-0.4, -0.2) is 97.5 Å². The van der Waals surface area contributed by atoms with E-state index in [0.717, 1.165) is 61.4 Å². The van der Waals surface area contributed by atoms with Crippen molar-refractivity contribution in [2.75, 3.05) is 0 Å². The zero-order valence-corrected chi connectivity index (χ0v) is 66.5. The Morgan fingerprint density at radius 1 is 0.421 bits per heavy atom. The number of esters is 2. The quantitative estimate of drug-likeness (QED) is 0.0541. The van der Waals surface area contributed by atoms with Crippen molar-refractivity contribution < 1.29 is 84.4 Å². The van der Waals surface area contributed by atoms with Crippen LogP contribution in [0.25, 0.3) is 76.6 Å². The molecular weight excluding hydrogens is 1470 g/mol. The Bertz CT molecular complexity index is 5840. The second-order valence-corrected chi connectivity index (χ2v) is 33.5. The topological polar surface area (TPSA) is 258 Å². The Hall–Kier alpha value is -11.8. The Balaban J connectivity index is 0.000000147. The van der Waals surface area contributed by atoms with Gasteiger partial charge in [0.1, 0.15) is 46.1 Å². The van der Waals surface area contributed by atoms with Gasteiger partial charge in [0.15, 0.2) is 5.78 Å². The molecule has 0 spiro atoms. The highest BCUT2D eigenvalue weighted by Crippen LogP contribution is 2.42. The number of aryl methyl sites for hydroxylation is 5. The van der Waals surface area contributed by atoms with Crippen molar-refractivity contribution in [2.45, 2.75) is 179 Å². The highest BCUT2D eigenvalue weighted by molar-refractivity contribution is 6.13. The van der Waals surface area contributed by atoms with E-state index in [2.05, 4.69) is 15.0 Å². The number of aromatic nitrogens is 6. The maximum atomic E-state index is 14.7. The highest BCUT2D eigenvalue weighted by Gasteiger charge is 2.34. The Morgan fingerprint density at radius 2 is 0.833 bits per heavy atom. The molecule has 114 heavy (non-hydrogen) atoms. The average molecular weight is 1570 g/mol. The van der Waals surface area contributed by atoms with E-state index >= 15 is 0 Å². The molecule has 598 valence electrons. The fourth-order valence-electron chi connectivity index (χ4n) is 13.8. The molecule has 3 aliphatic rings. The summed E-state index contributed by atoms with van der Waals surface area (Å²) >= 11 is 0. The lowest BCUT2D eigenvalue weighted by Crippen LogP contribution is -2.26. The zero-order chi connectivity index (χ0) is 83.6. The smallest absolute Gasteiger partial charge is 0.331 e. The molecule has 24 heteroatoms. The molecule has 6 aromatic heterocycles. The van der Waals surface area contributed by atoms with Gasteiger partial charge in [-0.1, -0.05) is 62.3 Å². The molecule has 3 aliphatic carbocycles. The molecule has 15 rings (SSSR count). The maximum absolute atomic E-state index is 14.7. The first kappa shape index (κ1) is 84.6. The van der Waals surface area contributed by atoms with Crippen molar-refractivity contribution in [3.63, 3.8) is 0 Å². The minimum Gasteiger partial charge on any atom is -0.481 e. The lowest BCUT2D eigenvalue weighted by atomic mass is 9.88. The van der Waals surface area contributed by atoms with E-state index in [0.29, 0.717) is 99.1 Å². The summed E-state index contributed by atoms with van der Waals surface area (Å²) in [6.45, 7) is 27.4. The monoisotopic (exact) mass is 1560 g/mol. The van der Waals surface area contributed by atoms with Gasteiger partial charge in [0, 0.05) is 145 Å². The lowest BCUT2D eigenvalue weighted by molar-refractivity contribution is -0.149. The second kappa shape index (κ2) is 33.5. The van der Waals surface area contributed by atoms with Crippen LogP contribution in [0.2, 0.25) is 0 Å². The first-order valence-electron chi connectivity index (χ1n) is 37.5. The van der Waals surface area contributed by atoms with Gasteiger partial charge < -0.3 is 34.6 Å². The number of ether oxygens (including phenoxy) is 2. The number of Topliss-reactive ketones (excluding diaryl/α,β-unsaturated/α-hetero) is 1. The predicted molar refractivity (Wildman–Crippen MR) is 430 cm³/mol. The van der Waals surface area contributed by atoms with Crippen molar-refractivity contribution in [3.8, 4) is 0 Å². The van der Waals surface area contributed by atoms with E-state index in [4.69, 9.17) is 19.7 Å². The van der Waals surface area contributed by atoms with Gasteiger partial charge in [0.05, 0.1) is 22.1 Å². The Labute approximate surface area is 655 Å². The molecule has 5 N–H and O–H groups in total. The average Bonchev–Trinajstić information content (AvgIpc) is 1.58. The summed E-state index contributed by atoms with van der Waals surface area (Å²) in [5.41, 5.74) is 8.61. The number of H-pyrrole nitrogens is 3. The molecule has 0 amide bonds. The van der Waals surface area contributed by atoms with Crippen LogP contribution in [0.4, 0.5) is 26.3 Å². The Morgan fingerprint density at radius 3 is 1.35 bits per heavy atom. The third-order valence-electron chi connectivity index (χ3n) is 19.0. The fraction of sp³-hybridized carbons (Fsp3) is 0.333. The van der Waals surface area contributed by atoms with Crippen LogP contribution in [0.15, 0.2) is 146 Å². The van der Waals surface area contributed by atoms with Gasteiger partial charge in [-0.3, -0.25) is 42.5 Å². The molecule has 0 saturated heterocycles. The maximum Gasteiger partial charge on any atom is 0.331 e. The number of hydrogen-bond acceptors (Lipinski definition) is 10. The summed E-state index contributed by atoms with van der Waals surface area (Å²) in [6.07, 6.45) is 17.6. The van der Waals surface area contributed by atoms with Gasteiger partial charge in [-0.25, -0.2) is 35.9 Å². The molecule has 0 unspecified atom stereocenters. The van der Waals surface area contributed by atoms with Crippen molar-refractivity contribution >= 4 is 124 Å². The molecule has 18 nitrogen and oxygen atoms in total. The van der Waals surface area contributed by atoms with Crippen LogP contribution in [-0.2, 0) is 60.8 Å². The van der Waals surface area contributed by atoms with Gasteiger partial charge in [-0.2, -0.15) is 0 Å². The molecule has 0 aliphatic heterocycles. The number of rotatable bonds is 8. The first-order chi connectivity index (χ1) is 53.3. The summed E-state index contributed by atoms with van der Waals surface area (Å²) < 4.78 is 97.1. The summed E-state index contributed by atoms with van der Waals surface area (Å²) in [5, 5.41) is 21.8. The first-order valence-corrected chi connectivity index (χ1v) is 37.5. The van der Waals surface area contributed by atoms with Crippen LogP contribution in [0, 0.1) is 51.1 Å². The molecule has 0 saturated carbocycles. The number of nitrogens with zero attached hydrogens (tertiary/aromatic N) is 3. The number of benzene rings is 6. The number of ketones is 1. The summed E-state index contributed by atoms with van der Waals surface area (Å²) in [6, 6.07) is 24.2. The van der Waals surface area contributed by atoms with E-state index < -0.39 is 63.0 Å². The number of carboxylic acid groups (broad SMARTS) is 2. The number of carbonyl (C=O) groups excluding carboxylic acids is 6. The van der Waals surface area contributed by atoms with E-state index in [1.165, 1.54) is 71.3 Å². The zero-order valence-electron chi connectivity index (χ0n) is 66.5. The lowest BCUT2D eigenvalue weighted by Gasteiger charge is -2.20. The molecule has 6 heterocycles. The number of fused-ring (bicyclic) bond motifs is 3. The number of hydrogen-bond donors (Lipinski definition) is 5. The van der Waals surface area contributed by atoms with Crippen LogP contribution in [0.1, 0.15) is 200 Å². The predicted octanol–water partition coefficient (Wildman–Crippen LogP) is 20.8. The minimum atomic E-state index is -0.922. The number of carbonyl (C=O) groups is 8. The van der Waals surface area contributed by atoms with Gasteiger partial charge in [-0.05, 0) is 223 Å². The van der Waals surface area contributed by atoms with E-state index in [1.54, 1.807) is 91.1 Å². The van der Waals surface area contributed by atoms with Gasteiger partial charge >= 0.3 is 23.9 Å². The van der Waals surface area contributed by atoms with Crippen LogP contribution >= 0.6 is 0 Å². The largest absolute Gasteiger partial charge is 0.481 e. The molecule has 0 bridgehead atoms. The van der Waals surface area contributed by atoms with Crippen LogP contribution in [0.3, 0.4) is 0 Å². The molecule has 0 atom stereocenters. The van der Waals surface area contributed by atoms with Crippen molar-refractivity contribution in [3.05, 3.63) is 226 Å². The van der Waals surface area contributed by atoms with Crippen LogP contribution < -0.4 is 0 Å². The van der Waals surface area contributed by atoms with Crippen molar-refractivity contribution in [2.24, 2.45) is 16.2 Å². The van der Waals surface area contributed by atoms with Crippen LogP contribution in [0.5, 0.6) is 0 Å². The molecule has 0 fully saturated rings. The number of aliphatic carboxylic acids is 2. The van der Waals surface area contributed by atoms with Crippen molar-refractivity contribution in [1.82, 2.24) is 28.7 Å². The fourth-order valence-corrected chi connectivity index (χ4v) is 13.8. The molecule has 12 aromatic rings. The van der Waals surface area contributed by atoms with E-state index in [-0.39, 0.29) is 71.6 Å². The normalized spacial score (nSPS) is 14.0. The number of aromatic amines is 3. The number of carboxylic acids is 2. The number of halogens is 6. The molecular formula is C90H94F6N6O12. The summed E-state index contributed by atoms with van der Waals surface area (Å²) in [5.74, 6) is -5.14. The van der Waals surface area contributed by atoms with E-state index in [9.17, 15) is 64.7 Å². The Kier molecular flexibility index (Phi) is 24.8. The third-order valence-corrected chi connectivity index (χ3v) is 19.0. The SMILES string of the molecule is CC(C)(C)C(=O)n1cc(CCC(=O)O)c2cc(F)ccc21.CC(C)(C)C(=O)n1cc2c3c(c(F)ccc31)C(=O)CC2.CC(C)(C)OC(=O)/C=C1\CCc2c[nH]c3ccc(F)c1c23.CC(C)(C)OC(=O)/C=C1\CCc2cn(C(=O)C(C)(C)C)c3ccc(F)c1c23.Fc1ccc2[nH]ccc2c1.O=C(O)CCc1c[nH]c2ccc(F)cc12. The highest BCUT2D eigenvalue weighted by atomic mass is 19.1. The van der Waals surface area contributed by atoms with E-state index in [1.807, 2.05) is 102 Å². The summed E-state index contributed by atoms with van der Waals surface area (Å²) in [4.78, 5) is 104.